The number of rotatable bonds is 5. The molecule has 0 saturated carbocycles. The van der Waals surface area contributed by atoms with Gasteiger partial charge in [0.05, 0.1) is 12.2 Å². The lowest BCUT2D eigenvalue weighted by Crippen LogP contribution is -2.44. The second-order valence-electron chi connectivity index (χ2n) is 6.12. The third kappa shape index (κ3) is 3.81. The molecule has 2 aliphatic heterocycles. The zero-order valence-electron chi connectivity index (χ0n) is 13.6. The Bertz CT molecular complexity index is 656. The number of piperazine rings is 1. The van der Waals surface area contributed by atoms with E-state index in [9.17, 15) is 18.4 Å². The maximum atomic E-state index is 14.5. The molecule has 1 atom stereocenters. The van der Waals surface area contributed by atoms with Crippen molar-refractivity contribution in [3.63, 3.8) is 0 Å². The molecule has 1 unspecified atom stereocenters. The highest BCUT2D eigenvalue weighted by Gasteiger charge is 2.33. The predicted molar refractivity (Wildman–Crippen MR) is 87.5 cm³/mol. The van der Waals surface area contributed by atoms with Gasteiger partial charge in [-0.15, -0.1) is 0 Å². The molecule has 3 N–H and O–H groups in total. The van der Waals surface area contributed by atoms with E-state index in [0.717, 1.165) is 12.1 Å². The highest BCUT2D eigenvalue weighted by atomic mass is 19.1. The zero-order chi connectivity index (χ0) is 18.0. The SMILES string of the molecule is NC(=O)CCC1CN(c2cc(F)c(N3CCNCC3)c(F)c2)C(=O)O1. The first kappa shape index (κ1) is 17.4. The largest absolute Gasteiger partial charge is 0.444 e. The average molecular weight is 354 g/mol. The molecule has 2 fully saturated rings. The third-order valence-corrected chi connectivity index (χ3v) is 4.33. The van der Waals surface area contributed by atoms with E-state index in [4.69, 9.17) is 10.5 Å². The number of nitrogens with zero attached hydrogens (tertiary/aromatic N) is 2. The lowest BCUT2D eigenvalue weighted by atomic mass is 10.1. The number of carbonyl (C=O) groups excluding carboxylic acids is 2. The van der Waals surface area contributed by atoms with Gasteiger partial charge in [0.25, 0.3) is 0 Å². The second kappa shape index (κ2) is 7.22. The minimum Gasteiger partial charge on any atom is -0.444 e. The zero-order valence-corrected chi connectivity index (χ0v) is 13.6. The normalized spacial score (nSPS) is 20.7. The molecule has 0 aliphatic carbocycles. The molecule has 2 saturated heterocycles. The number of cyclic esters (lactones) is 1. The summed E-state index contributed by atoms with van der Waals surface area (Å²) in [5, 5.41) is 3.12. The van der Waals surface area contributed by atoms with Crippen LogP contribution in [0.3, 0.4) is 0 Å². The summed E-state index contributed by atoms with van der Waals surface area (Å²) in [6.07, 6.45) is -0.861. The van der Waals surface area contributed by atoms with Gasteiger partial charge in [0.2, 0.25) is 5.91 Å². The van der Waals surface area contributed by atoms with E-state index in [1.165, 1.54) is 4.90 Å². The molecule has 7 nitrogen and oxygen atoms in total. The fraction of sp³-hybridized carbons (Fsp3) is 0.500. The van der Waals surface area contributed by atoms with Gasteiger partial charge in [-0.1, -0.05) is 0 Å². The molecule has 1 aromatic rings. The summed E-state index contributed by atoms with van der Waals surface area (Å²) >= 11 is 0. The van der Waals surface area contributed by atoms with Gasteiger partial charge >= 0.3 is 6.09 Å². The van der Waals surface area contributed by atoms with Crippen LogP contribution in [-0.4, -0.2) is 50.8 Å². The molecule has 0 radical (unpaired) electrons. The summed E-state index contributed by atoms with van der Waals surface area (Å²) in [7, 11) is 0. The quantitative estimate of drug-likeness (QED) is 0.823. The summed E-state index contributed by atoms with van der Waals surface area (Å²) in [6, 6.07) is 2.27. The number of amides is 2. The molecule has 2 heterocycles. The van der Waals surface area contributed by atoms with E-state index < -0.39 is 29.7 Å². The molecular weight excluding hydrogens is 334 g/mol. The van der Waals surface area contributed by atoms with Crippen molar-refractivity contribution in [3.05, 3.63) is 23.8 Å². The van der Waals surface area contributed by atoms with Crippen molar-refractivity contribution in [3.8, 4) is 0 Å². The van der Waals surface area contributed by atoms with Crippen molar-refractivity contribution in [2.75, 3.05) is 42.5 Å². The van der Waals surface area contributed by atoms with E-state index >= 15 is 0 Å². The first-order valence-electron chi connectivity index (χ1n) is 8.17. The van der Waals surface area contributed by atoms with Gasteiger partial charge in [0.1, 0.15) is 11.8 Å². The Balaban J connectivity index is 1.76. The number of benzene rings is 1. The molecule has 136 valence electrons. The summed E-state index contributed by atoms with van der Waals surface area (Å²) in [6.45, 7) is 2.45. The van der Waals surface area contributed by atoms with Crippen LogP contribution >= 0.6 is 0 Å². The van der Waals surface area contributed by atoms with Crippen molar-refractivity contribution in [1.29, 1.82) is 0 Å². The molecule has 9 heteroatoms. The number of halogens is 2. The van der Waals surface area contributed by atoms with Crippen LogP contribution in [0.1, 0.15) is 12.8 Å². The number of hydrogen-bond acceptors (Lipinski definition) is 5. The number of hydrogen-bond donors (Lipinski definition) is 2. The molecular formula is C16H20F2N4O3. The number of nitrogens with one attached hydrogen (secondary N) is 1. The van der Waals surface area contributed by atoms with Crippen molar-refractivity contribution in [2.45, 2.75) is 18.9 Å². The van der Waals surface area contributed by atoms with Gasteiger partial charge in [-0.05, 0) is 6.42 Å². The lowest BCUT2D eigenvalue weighted by molar-refractivity contribution is -0.118. The maximum absolute atomic E-state index is 14.5. The summed E-state index contributed by atoms with van der Waals surface area (Å²) in [4.78, 5) is 25.6. The number of nitrogens with two attached hydrogens (primary N) is 1. The van der Waals surface area contributed by atoms with Gasteiger partial charge in [-0.25, -0.2) is 13.6 Å². The molecule has 0 bridgehead atoms. The van der Waals surface area contributed by atoms with Crippen LogP contribution in [0.5, 0.6) is 0 Å². The van der Waals surface area contributed by atoms with Gasteiger partial charge < -0.3 is 20.7 Å². The van der Waals surface area contributed by atoms with Crippen LogP contribution in [-0.2, 0) is 9.53 Å². The van der Waals surface area contributed by atoms with E-state index in [1.54, 1.807) is 4.90 Å². The van der Waals surface area contributed by atoms with E-state index in [0.29, 0.717) is 26.2 Å². The summed E-state index contributed by atoms with van der Waals surface area (Å²) in [5.74, 6) is -1.93. The van der Waals surface area contributed by atoms with Crippen LogP contribution in [0.15, 0.2) is 12.1 Å². The Labute approximate surface area is 143 Å². The number of ether oxygens (including phenoxy) is 1. The first-order valence-corrected chi connectivity index (χ1v) is 8.17. The molecule has 2 aliphatic rings. The van der Waals surface area contributed by atoms with Crippen LogP contribution in [0.4, 0.5) is 25.0 Å². The number of carbonyl (C=O) groups is 2. The topological polar surface area (TPSA) is 87.9 Å². The van der Waals surface area contributed by atoms with Crippen LogP contribution in [0, 0.1) is 11.6 Å². The maximum Gasteiger partial charge on any atom is 0.414 e. The van der Waals surface area contributed by atoms with Crippen molar-refractivity contribution >= 4 is 23.4 Å². The van der Waals surface area contributed by atoms with Crippen molar-refractivity contribution < 1.29 is 23.1 Å². The van der Waals surface area contributed by atoms with Gasteiger partial charge in [0, 0.05) is 44.7 Å². The fourth-order valence-corrected chi connectivity index (χ4v) is 3.08. The number of anilines is 2. The van der Waals surface area contributed by atoms with Crippen molar-refractivity contribution in [1.82, 2.24) is 5.32 Å². The summed E-state index contributed by atoms with van der Waals surface area (Å²) < 4.78 is 34.1. The monoisotopic (exact) mass is 354 g/mol. The van der Waals surface area contributed by atoms with Crippen LogP contribution < -0.4 is 20.9 Å². The minimum atomic E-state index is -0.717. The highest BCUT2D eigenvalue weighted by Crippen LogP contribution is 2.31. The Morgan fingerprint density at radius 2 is 1.92 bits per heavy atom. The molecule has 0 aromatic heterocycles. The first-order chi connectivity index (χ1) is 12.0. The Morgan fingerprint density at radius 1 is 1.28 bits per heavy atom. The molecule has 25 heavy (non-hydrogen) atoms. The van der Waals surface area contributed by atoms with E-state index in [2.05, 4.69) is 5.32 Å². The number of primary amides is 1. The van der Waals surface area contributed by atoms with Gasteiger partial charge in [0.15, 0.2) is 11.6 Å². The Hall–Kier alpha value is -2.42. The molecule has 3 rings (SSSR count). The Morgan fingerprint density at radius 3 is 2.52 bits per heavy atom. The average Bonchev–Trinajstić information content (AvgIpc) is 2.94. The van der Waals surface area contributed by atoms with Gasteiger partial charge in [-0.3, -0.25) is 9.69 Å². The minimum absolute atomic E-state index is 0.0798. The smallest absolute Gasteiger partial charge is 0.414 e. The standard InChI is InChI=1S/C16H20F2N4O3/c17-12-7-10(8-13(18)15(12)21-5-3-20-4-6-21)22-9-11(25-16(22)24)1-2-14(19)23/h7-8,11,20H,1-6,9H2,(H2,19,23). The lowest BCUT2D eigenvalue weighted by Gasteiger charge is -2.30. The molecule has 2 amide bonds. The molecule has 1 aromatic carbocycles. The highest BCUT2D eigenvalue weighted by molar-refractivity contribution is 5.90. The van der Waals surface area contributed by atoms with E-state index in [-0.39, 0.29) is 30.8 Å². The van der Waals surface area contributed by atoms with Gasteiger partial charge in [-0.2, -0.15) is 0 Å². The third-order valence-electron chi connectivity index (χ3n) is 4.33. The predicted octanol–water partition coefficient (Wildman–Crippen LogP) is 0.965. The fourth-order valence-electron chi connectivity index (χ4n) is 3.08. The van der Waals surface area contributed by atoms with Crippen LogP contribution in [0.25, 0.3) is 0 Å². The molecule has 0 spiro atoms. The van der Waals surface area contributed by atoms with E-state index in [1.807, 2.05) is 0 Å². The van der Waals surface area contributed by atoms with Crippen molar-refractivity contribution in [2.24, 2.45) is 5.73 Å². The van der Waals surface area contributed by atoms with Crippen LogP contribution in [0.2, 0.25) is 0 Å². The summed E-state index contributed by atoms with van der Waals surface area (Å²) in [5.41, 5.74) is 5.09. The second-order valence-corrected chi connectivity index (χ2v) is 6.12. The Kier molecular flexibility index (Phi) is 5.03.